The standard InChI is InChI=1S/C20H26N2O7/c1-13(28-20(2,3)4)17(18(25)29-22-15(23)10-11-16(22)24)21-19(26)27-12-14-8-6-5-7-9-14/h5-9,13,17H,10-12H2,1-4H3,(H,21,26)/t13-,17+/m0/s1. The third kappa shape index (κ3) is 6.86. The van der Waals surface area contributed by atoms with E-state index in [2.05, 4.69) is 5.32 Å². The quantitative estimate of drug-likeness (QED) is 0.690. The lowest BCUT2D eigenvalue weighted by atomic mass is 10.1. The molecule has 9 nitrogen and oxygen atoms in total. The number of hydrogen-bond donors (Lipinski definition) is 1. The monoisotopic (exact) mass is 406 g/mol. The SMILES string of the molecule is C[C@H](OC(C)(C)C)[C@@H](NC(=O)OCc1ccccc1)C(=O)ON1C(=O)CCC1=O. The maximum atomic E-state index is 12.6. The van der Waals surface area contributed by atoms with Gasteiger partial charge in [-0.05, 0) is 33.3 Å². The van der Waals surface area contributed by atoms with Crippen molar-refractivity contribution in [3.8, 4) is 0 Å². The first-order valence-corrected chi connectivity index (χ1v) is 9.29. The number of imide groups is 1. The zero-order chi connectivity index (χ0) is 21.6. The third-order valence-electron chi connectivity index (χ3n) is 3.94. The number of amides is 3. The summed E-state index contributed by atoms with van der Waals surface area (Å²) in [5, 5.41) is 2.83. The van der Waals surface area contributed by atoms with Gasteiger partial charge in [-0.3, -0.25) is 9.59 Å². The number of hydrogen-bond acceptors (Lipinski definition) is 7. The predicted molar refractivity (Wildman–Crippen MR) is 101 cm³/mol. The highest BCUT2D eigenvalue weighted by molar-refractivity contribution is 6.01. The van der Waals surface area contributed by atoms with Crippen LogP contribution in [0.4, 0.5) is 4.79 Å². The van der Waals surface area contributed by atoms with Gasteiger partial charge < -0.3 is 19.6 Å². The summed E-state index contributed by atoms with van der Waals surface area (Å²) < 4.78 is 10.9. The molecule has 9 heteroatoms. The zero-order valence-electron chi connectivity index (χ0n) is 17.0. The number of nitrogens with zero attached hydrogens (tertiary/aromatic N) is 1. The van der Waals surface area contributed by atoms with Crippen LogP contribution in [-0.4, -0.2) is 46.7 Å². The lowest BCUT2D eigenvalue weighted by molar-refractivity contribution is -0.202. The molecule has 0 spiro atoms. The summed E-state index contributed by atoms with van der Waals surface area (Å²) in [5.74, 6) is -2.22. The Balaban J connectivity index is 2.05. The Kier molecular flexibility index (Phi) is 7.33. The molecule has 1 saturated heterocycles. The number of carbonyl (C=O) groups is 4. The minimum atomic E-state index is -1.29. The topological polar surface area (TPSA) is 111 Å². The van der Waals surface area contributed by atoms with Crippen molar-refractivity contribution in [2.24, 2.45) is 0 Å². The molecule has 1 aromatic carbocycles. The second-order valence-corrected chi connectivity index (χ2v) is 7.61. The first-order valence-electron chi connectivity index (χ1n) is 9.29. The summed E-state index contributed by atoms with van der Waals surface area (Å²) >= 11 is 0. The van der Waals surface area contributed by atoms with Crippen LogP contribution in [-0.2, 0) is 35.3 Å². The molecule has 0 saturated carbocycles. The number of alkyl carbamates (subject to hydrolysis) is 1. The molecular formula is C20H26N2O7. The molecule has 3 amide bonds. The Labute approximate surface area is 169 Å². The molecule has 1 aliphatic rings. The van der Waals surface area contributed by atoms with Crippen molar-refractivity contribution < 1.29 is 33.5 Å². The van der Waals surface area contributed by atoms with Gasteiger partial charge in [0.1, 0.15) is 6.61 Å². The molecule has 1 heterocycles. The molecule has 2 atom stereocenters. The molecule has 0 bridgehead atoms. The second-order valence-electron chi connectivity index (χ2n) is 7.61. The van der Waals surface area contributed by atoms with Gasteiger partial charge in [-0.2, -0.15) is 0 Å². The summed E-state index contributed by atoms with van der Waals surface area (Å²) in [6, 6.07) is 7.73. The van der Waals surface area contributed by atoms with Crippen LogP contribution >= 0.6 is 0 Å². The van der Waals surface area contributed by atoms with Gasteiger partial charge in [0.25, 0.3) is 11.8 Å². The number of ether oxygens (including phenoxy) is 2. The maximum absolute atomic E-state index is 12.6. The second kappa shape index (κ2) is 9.51. The van der Waals surface area contributed by atoms with E-state index in [0.717, 1.165) is 5.56 Å². The van der Waals surface area contributed by atoms with E-state index in [-0.39, 0.29) is 19.4 Å². The molecule has 1 fully saturated rings. The van der Waals surface area contributed by atoms with Gasteiger partial charge in [0.05, 0.1) is 11.7 Å². The fourth-order valence-electron chi connectivity index (χ4n) is 2.69. The lowest BCUT2D eigenvalue weighted by Gasteiger charge is -2.30. The van der Waals surface area contributed by atoms with Gasteiger partial charge in [-0.15, -0.1) is 5.06 Å². The minimum absolute atomic E-state index is 0.00600. The fraction of sp³-hybridized carbons (Fsp3) is 0.500. The summed E-state index contributed by atoms with van der Waals surface area (Å²) in [6.45, 7) is 6.93. The first kappa shape index (κ1) is 22.4. The number of benzene rings is 1. The van der Waals surface area contributed by atoms with E-state index < -0.39 is 41.6 Å². The van der Waals surface area contributed by atoms with Crippen LogP contribution in [0.25, 0.3) is 0 Å². The van der Waals surface area contributed by atoms with E-state index in [0.29, 0.717) is 5.06 Å². The van der Waals surface area contributed by atoms with E-state index in [4.69, 9.17) is 14.3 Å². The molecule has 0 unspecified atom stereocenters. The molecule has 2 rings (SSSR count). The molecular weight excluding hydrogens is 380 g/mol. The van der Waals surface area contributed by atoms with Crippen molar-refractivity contribution in [1.29, 1.82) is 0 Å². The van der Waals surface area contributed by atoms with Crippen LogP contribution in [0.1, 0.15) is 46.1 Å². The average molecular weight is 406 g/mol. The summed E-state index contributed by atoms with van der Waals surface area (Å²) in [5.41, 5.74) is 0.154. The molecule has 29 heavy (non-hydrogen) atoms. The third-order valence-corrected chi connectivity index (χ3v) is 3.94. The molecule has 158 valence electrons. The van der Waals surface area contributed by atoms with Gasteiger partial charge in [0, 0.05) is 12.8 Å². The Bertz CT molecular complexity index is 742. The van der Waals surface area contributed by atoms with E-state index >= 15 is 0 Å². The highest BCUT2D eigenvalue weighted by Crippen LogP contribution is 2.17. The molecule has 0 aliphatic carbocycles. The average Bonchev–Trinajstić information content (AvgIpc) is 2.95. The van der Waals surface area contributed by atoms with E-state index in [1.165, 1.54) is 0 Å². The van der Waals surface area contributed by atoms with Gasteiger partial charge in [-0.25, -0.2) is 9.59 Å². The smallest absolute Gasteiger partial charge is 0.408 e. The van der Waals surface area contributed by atoms with Crippen LogP contribution in [0.15, 0.2) is 30.3 Å². The van der Waals surface area contributed by atoms with Crippen molar-refractivity contribution in [2.45, 2.75) is 64.9 Å². The van der Waals surface area contributed by atoms with Gasteiger partial charge in [-0.1, -0.05) is 30.3 Å². The predicted octanol–water partition coefficient (Wildman–Crippen LogP) is 2.09. The normalized spacial score (nSPS) is 16.3. The molecule has 0 radical (unpaired) electrons. The highest BCUT2D eigenvalue weighted by Gasteiger charge is 2.38. The van der Waals surface area contributed by atoms with Crippen molar-refractivity contribution in [3.63, 3.8) is 0 Å². The van der Waals surface area contributed by atoms with E-state index in [1.54, 1.807) is 52.0 Å². The number of rotatable bonds is 7. The van der Waals surface area contributed by atoms with Crippen molar-refractivity contribution in [2.75, 3.05) is 0 Å². The summed E-state index contributed by atoms with van der Waals surface area (Å²) in [7, 11) is 0. The maximum Gasteiger partial charge on any atom is 0.408 e. The summed E-state index contributed by atoms with van der Waals surface area (Å²) in [6.07, 6.45) is -1.74. The lowest BCUT2D eigenvalue weighted by Crippen LogP contribution is -2.53. The van der Waals surface area contributed by atoms with Crippen molar-refractivity contribution in [1.82, 2.24) is 10.4 Å². The first-order chi connectivity index (χ1) is 13.6. The Morgan fingerprint density at radius 1 is 1.10 bits per heavy atom. The molecule has 0 aromatic heterocycles. The minimum Gasteiger partial charge on any atom is -0.445 e. The fourth-order valence-corrected chi connectivity index (χ4v) is 2.69. The van der Waals surface area contributed by atoms with Gasteiger partial charge in [0.15, 0.2) is 6.04 Å². The van der Waals surface area contributed by atoms with Crippen LogP contribution in [0.3, 0.4) is 0 Å². The summed E-state index contributed by atoms with van der Waals surface area (Å²) in [4.78, 5) is 53.2. The van der Waals surface area contributed by atoms with Crippen LogP contribution in [0, 0.1) is 0 Å². The molecule has 1 aromatic rings. The highest BCUT2D eigenvalue weighted by atomic mass is 16.7. The Hall–Kier alpha value is -2.94. The van der Waals surface area contributed by atoms with Gasteiger partial charge >= 0.3 is 12.1 Å². The Morgan fingerprint density at radius 2 is 1.69 bits per heavy atom. The van der Waals surface area contributed by atoms with Crippen molar-refractivity contribution >= 4 is 23.9 Å². The number of nitrogens with one attached hydrogen (secondary N) is 1. The van der Waals surface area contributed by atoms with Crippen LogP contribution in [0.2, 0.25) is 0 Å². The number of carbonyl (C=O) groups excluding carboxylic acids is 4. The van der Waals surface area contributed by atoms with Crippen molar-refractivity contribution in [3.05, 3.63) is 35.9 Å². The largest absolute Gasteiger partial charge is 0.445 e. The zero-order valence-corrected chi connectivity index (χ0v) is 17.0. The van der Waals surface area contributed by atoms with E-state index in [1.807, 2.05) is 6.07 Å². The van der Waals surface area contributed by atoms with E-state index in [9.17, 15) is 19.2 Å². The Morgan fingerprint density at radius 3 is 2.24 bits per heavy atom. The molecule has 1 aliphatic heterocycles. The number of hydroxylamine groups is 2. The molecule has 1 N–H and O–H groups in total. The van der Waals surface area contributed by atoms with Crippen LogP contribution in [0.5, 0.6) is 0 Å². The van der Waals surface area contributed by atoms with Crippen LogP contribution < -0.4 is 5.32 Å². The van der Waals surface area contributed by atoms with Gasteiger partial charge in [0.2, 0.25) is 0 Å².